The summed E-state index contributed by atoms with van der Waals surface area (Å²) in [5, 5.41) is 7.37. The summed E-state index contributed by atoms with van der Waals surface area (Å²) >= 11 is 0. The summed E-state index contributed by atoms with van der Waals surface area (Å²) in [5.74, 6) is 2.66. The van der Waals surface area contributed by atoms with Gasteiger partial charge < -0.3 is 14.0 Å². The minimum absolute atomic E-state index is 0. The van der Waals surface area contributed by atoms with Crippen LogP contribution in [0.15, 0.2) is 103 Å². The predicted octanol–water partition coefficient (Wildman–Crippen LogP) is 9.68. The van der Waals surface area contributed by atoms with Crippen LogP contribution in [0.4, 0.5) is 0 Å². The number of hydrogen-bond acceptors (Lipinski definition) is 4. The van der Waals surface area contributed by atoms with Crippen molar-refractivity contribution in [2.45, 2.75) is 46.0 Å². The van der Waals surface area contributed by atoms with Gasteiger partial charge in [0.2, 0.25) is 0 Å². The summed E-state index contributed by atoms with van der Waals surface area (Å²) < 4.78 is 16.1. The van der Waals surface area contributed by atoms with E-state index in [1.54, 1.807) is 13.3 Å². The predicted molar refractivity (Wildman–Crippen MR) is 185 cm³/mol. The number of fused-ring (bicyclic) bond motifs is 3. The van der Waals surface area contributed by atoms with Gasteiger partial charge in [0.05, 0.1) is 18.5 Å². The van der Waals surface area contributed by atoms with Gasteiger partial charge in [-0.05, 0) is 35.2 Å². The Morgan fingerprint density at radius 1 is 0.809 bits per heavy atom. The van der Waals surface area contributed by atoms with Gasteiger partial charge in [-0.15, -0.1) is 35.7 Å². The number of benzene rings is 4. The van der Waals surface area contributed by atoms with Gasteiger partial charge in [0, 0.05) is 40.3 Å². The van der Waals surface area contributed by atoms with Crippen LogP contribution < -0.4 is 9.47 Å². The molecule has 7 aromatic rings. The van der Waals surface area contributed by atoms with Gasteiger partial charge in [0.1, 0.15) is 11.6 Å². The standard InChI is InChI=1S/C40H36N4O2.Pt/c1-6-13-34-38(27-14-8-7-9-15-27)39(40(2,3)4)44(42-34)28-16-12-17-30(24-28)46-31-20-21-33-32-18-10-11-19-35(32)43(36(33)25-31)37-26-29(45-5)22-23-41-37;/h7-12,14-23,26H,6,13H2,1-5H3;/q-2;+2. The van der Waals surface area contributed by atoms with E-state index in [4.69, 9.17) is 14.6 Å². The third kappa shape index (κ3) is 6.10. The zero-order valence-corrected chi connectivity index (χ0v) is 29.4. The number of nitrogens with zero attached hydrogens (tertiary/aromatic N) is 4. The van der Waals surface area contributed by atoms with Crippen molar-refractivity contribution < 1.29 is 30.5 Å². The van der Waals surface area contributed by atoms with Crippen LogP contribution in [0.2, 0.25) is 0 Å². The minimum Gasteiger partial charge on any atom is -0.509 e. The van der Waals surface area contributed by atoms with E-state index in [2.05, 4.69) is 103 Å². The molecule has 3 heterocycles. The molecule has 0 aliphatic carbocycles. The molecule has 0 aliphatic rings. The largest absolute Gasteiger partial charge is 2.00 e. The molecule has 6 nitrogen and oxygen atoms in total. The Kier molecular flexibility index (Phi) is 9.07. The first-order valence-corrected chi connectivity index (χ1v) is 15.7. The number of aryl methyl sites for hydroxylation is 1. The summed E-state index contributed by atoms with van der Waals surface area (Å²) in [6.45, 7) is 8.92. The number of para-hydroxylation sites is 1. The average Bonchev–Trinajstić information content (AvgIpc) is 3.62. The zero-order chi connectivity index (χ0) is 31.8. The van der Waals surface area contributed by atoms with Crippen LogP contribution in [-0.2, 0) is 32.9 Å². The Bertz CT molecular complexity index is 2180. The molecule has 0 unspecified atom stereocenters. The molecule has 0 saturated carbocycles. The zero-order valence-electron chi connectivity index (χ0n) is 27.2. The van der Waals surface area contributed by atoms with Crippen LogP contribution in [0.1, 0.15) is 45.5 Å². The smallest absolute Gasteiger partial charge is 0.509 e. The molecule has 0 N–H and O–H groups in total. The molecule has 47 heavy (non-hydrogen) atoms. The molecule has 3 aromatic heterocycles. The Morgan fingerprint density at radius 2 is 1.57 bits per heavy atom. The van der Waals surface area contributed by atoms with Gasteiger partial charge in [-0.3, -0.25) is 4.68 Å². The first kappa shape index (κ1) is 32.3. The Labute approximate surface area is 290 Å². The van der Waals surface area contributed by atoms with Gasteiger partial charge in [-0.2, -0.15) is 17.2 Å². The summed E-state index contributed by atoms with van der Waals surface area (Å²) in [6.07, 6.45) is 3.65. The van der Waals surface area contributed by atoms with Gasteiger partial charge in [0.25, 0.3) is 0 Å². The monoisotopic (exact) mass is 799 g/mol. The summed E-state index contributed by atoms with van der Waals surface area (Å²) in [7, 11) is 1.66. The first-order chi connectivity index (χ1) is 22.4. The van der Waals surface area contributed by atoms with E-state index in [-0.39, 0.29) is 26.5 Å². The Hall–Kier alpha value is -4.67. The second kappa shape index (κ2) is 13.2. The van der Waals surface area contributed by atoms with Crippen LogP contribution in [0.3, 0.4) is 0 Å². The van der Waals surface area contributed by atoms with Crippen molar-refractivity contribution in [2.24, 2.45) is 0 Å². The molecule has 4 aromatic carbocycles. The topological polar surface area (TPSA) is 54.1 Å². The fourth-order valence-corrected chi connectivity index (χ4v) is 6.21. The summed E-state index contributed by atoms with van der Waals surface area (Å²) in [5.41, 5.74) is 7.19. The van der Waals surface area contributed by atoms with Crippen LogP contribution in [0, 0.1) is 12.1 Å². The summed E-state index contributed by atoms with van der Waals surface area (Å²) in [4.78, 5) is 4.67. The van der Waals surface area contributed by atoms with E-state index in [9.17, 15) is 0 Å². The number of aromatic nitrogens is 4. The van der Waals surface area contributed by atoms with E-state index < -0.39 is 0 Å². The SMILES string of the molecule is CCCc1nn(-c2[c-]c(Oc3[c-]c4c(cc3)c3ccccc3n4-c3cc(OC)ccn3)ccc2)c(C(C)(C)C)c1-c1ccccc1.[Pt+2]. The molecule has 0 bridgehead atoms. The molecular weight excluding hydrogens is 764 g/mol. The number of rotatable bonds is 8. The van der Waals surface area contributed by atoms with E-state index in [1.807, 2.05) is 48.5 Å². The van der Waals surface area contributed by atoms with Crippen LogP contribution in [0.25, 0.3) is 44.4 Å². The van der Waals surface area contributed by atoms with E-state index in [0.717, 1.165) is 63.3 Å². The second-order valence-corrected chi connectivity index (χ2v) is 12.4. The third-order valence-electron chi connectivity index (χ3n) is 8.16. The van der Waals surface area contributed by atoms with Crippen molar-refractivity contribution in [1.29, 1.82) is 0 Å². The molecule has 0 amide bonds. The van der Waals surface area contributed by atoms with E-state index >= 15 is 0 Å². The first-order valence-electron chi connectivity index (χ1n) is 15.7. The average molecular weight is 800 g/mol. The Morgan fingerprint density at radius 3 is 2.34 bits per heavy atom. The molecule has 0 spiro atoms. The van der Waals surface area contributed by atoms with Crippen LogP contribution >= 0.6 is 0 Å². The number of methoxy groups -OCH3 is 1. The fourth-order valence-electron chi connectivity index (χ4n) is 6.21. The maximum atomic E-state index is 6.46. The minimum atomic E-state index is -0.171. The van der Waals surface area contributed by atoms with E-state index in [1.165, 1.54) is 11.1 Å². The molecule has 0 atom stereocenters. The Balaban J connectivity index is 0.00000386. The van der Waals surface area contributed by atoms with Crippen LogP contribution in [-0.4, -0.2) is 26.4 Å². The van der Waals surface area contributed by atoms with Crippen molar-refractivity contribution in [1.82, 2.24) is 19.3 Å². The molecule has 7 rings (SSSR count). The maximum Gasteiger partial charge on any atom is 2.00 e. The molecule has 0 fully saturated rings. The number of pyridine rings is 1. The molecular formula is C40H36N4O2Pt. The van der Waals surface area contributed by atoms with Crippen LogP contribution in [0.5, 0.6) is 17.2 Å². The quantitative estimate of drug-likeness (QED) is 0.144. The van der Waals surface area contributed by atoms with Crippen molar-refractivity contribution in [3.05, 3.63) is 127 Å². The second-order valence-electron chi connectivity index (χ2n) is 12.4. The van der Waals surface area contributed by atoms with Gasteiger partial charge in [-0.1, -0.05) is 88.2 Å². The molecule has 7 heteroatoms. The van der Waals surface area contributed by atoms with E-state index in [0.29, 0.717) is 11.5 Å². The maximum absolute atomic E-state index is 6.46. The van der Waals surface area contributed by atoms with Gasteiger partial charge in [-0.25, -0.2) is 4.98 Å². The molecule has 238 valence electrons. The molecule has 0 aliphatic heterocycles. The van der Waals surface area contributed by atoms with Crippen molar-refractivity contribution >= 4 is 21.8 Å². The summed E-state index contributed by atoms with van der Waals surface area (Å²) in [6, 6.07) is 39.7. The number of ether oxygens (including phenoxy) is 2. The fraction of sp³-hybridized carbons (Fsp3) is 0.200. The van der Waals surface area contributed by atoms with Crippen molar-refractivity contribution in [2.75, 3.05) is 7.11 Å². The molecule has 0 saturated heterocycles. The number of hydrogen-bond donors (Lipinski definition) is 0. The van der Waals surface area contributed by atoms with Gasteiger partial charge >= 0.3 is 21.1 Å². The normalized spacial score (nSPS) is 11.5. The molecule has 0 radical (unpaired) electrons. The third-order valence-corrected chi connectivity index (χ3v) is 8.16. The van der Waals surface area contributed by atoms with Crippen molar-refractivity contribution in [3.8, 4) is 39.9 Å². The van der Waals surface area contributed by atoms with Crippen molar-refractivity contribution in [3.63, 3.8) is 0 Å². The van der Waals surface area contributed by atoms with Gasteiger partial charge in [0.15, 0.2) is 0 Å².